The Hall–Kier alpha value is -2.02. The Morgan fingerprint density at radius 1 is 1.33 bits per heavy atom. The van der Waals surface area contributed by atoms with Crippen LogP contribution in [0, 0.1) is 6.92 Å². The first-order valence-electron chi connectivity index (χ1n) is 7.34. The van der Waals surface area contributed by atoms with E-state index in [9.17, 15) is 18.0 Å². The Morgan fingerprint density at radius 3 is 2.50 bits per heavy atom. The number of amides is 1. The van der Waals surface area contributed by atoms with Crippen LogP contribution in [0.4, 0.5) is 13.2 Å². The van der Waals surface area contributed by atoms with Gasteiger partial charge in [0.25, 0.3) is 0 Å². The lowest BCUT2D eigenvalue weighted by Crippen LogP contribution is -2.27. The average molecular weight is 360 g/mol. The topological polar surface area (TPSA) is 46.9 Å². The van der Waals surface area contributed by atoms with E-state index in [4.69, 9.17) is 11.6 Å². The van der Waals surface area contributed by atoms with Gasteiger partial charge in [0, 0.05) is 6.42 Å². The predicted octanol–water partition coefficient (Wildman–Crippen LogP) is 4.13. The second-order valence-electron chi connectivity index (χ2n) is 5.42. The van der Waals surface area contributed by atoms with Crippen LogP contribution in [-0.2, 0) is 17.5 Å². The lowest BCUT2D eigenvalue weighted by Gasteiger charge is -2.14. The number of nitrogens with zero attached hydrogens (tertiary/aromatic N) is 2. The molecule has 1 N–H and O–H groups in total. The molecule has 0 saturated heterocycles. The fraction of sp³-hybridized carbons (Fsp3) is 0.375. The van der Waals surface area contributed by atoms with Crippen molar-refractivity contribution in [2.45, 2.75) is 39.0 Å². The SMILES string of the molecule is Cc1c(Cl)c(C(F)(F)F)nn1CCC(=O)NC(C)c1ccccc1. The number of aryl methyl sites for hydroxylation is 1. The monoisotopic (exact) mass is 359 g/mol. The van der Waals surface area contributed by atoms with Gasteiger partial charge in [0.1, 0.15) is 0 Å². The Morgan fingerprint density at radius 2 is 1.96 bits per heavy atom. The third-order valence-corrected chi connectivity index (χ3v) is 4.08. The van der Waals surface area contributed by atoms with Crippen LogP contribution < -0.4 is 5.32 Å². The molecule has 130 valence electrons. The number of carbonyl (C=O) groups is 1. The molecule has 1 aromatic heterocycles. The van der Waals surface area contributed by atoms with Crippen LogP contribution >= 0.6 is 11.6 Å². The standard InChI is InChI=1S/C16H17ClF3N3O/c1-10(12-6-4-3-5-7-12)21-13(24)8-9-23-11(2)14(17)15(22-23)16(18,19)20/h3-7,10H,8-9H2,1-2H3,(H,21,24). The summed E-state index contributed by atoms with van der Waals surface area (Å²) in [5, 5.41) is 5.84. The summed E-state index contributed by atoms with van der Waals surface area (Å²) >= 11 is 5.67. The lowest BCUT2D eigenvalue weighted by molar-refractivity contribution is -0.141. The zero-order chi connectivity index (χ0) is 17.9. The number of halogens is 4. The minimum absolute atomic E-state index is 0.00726. The summed E-state index contributed by atoms with van der Waals surface area (Å²) in [6.45, 7) is 3.30. The summed E-state index contributed by atoms with van der Waals surface area (Å²) in [5.41, 5.74) is 0.0103. The van der Waals surface area contributed by atoms with Crippen LogP contribution in [0.15, 0.2) is 30.3 Å². The Balaban J connectivity index is 1.97. The number of aromatic nitrogens is 2. The van der Waals surface area contributed by atoms with Gasteiger partial charge in [-0.25, -0.2) is 0 Å². The van der Waals surface area contributed by atoms with Crippen molar-refractivity contribution in [3.8, 4) is 0 Å². The van der Waals surface area contributed by atoms with E-state index in [2.05, 4.69) is 10.4 Å². The highest BCUT2D eigenvalue weighted by molar-refractivity contribution is 6.31. The van der Waals surface area contributed by atoms with Crippen molar-refractivity contribution >= 4 is 17.5 Å². The average Bonchev–Trinajstić information content (AvgIpc) is 2.82. The summed E-state index contributed by atoms with van der Waals surface area (Å²) in [6.07, 6.45) is -4.61. The van der Waals surface area contributed by atoms with Crippen LogP contribution in [0.25, 0.3) is 0 Å². The van der Waals surface area contributed by atoms with E-state index in [1.165, 1.54) is 6.92 Å². The number of carbonyl (C=O) groups excluding carboxylic acids is 1. The van der Waals surface area contributed by atoms with Gasteiger partial charge in [-0.3, -0.25) is 9.48 Å². The first kappa shape index (κ1) is 18.3. The summed E-state index contributed by atoms with van der Waals surface area (Å²) in [7, 11) is 0. The molecule has 0 aliphatic rings. The zero-order valence-electron chi connectivity index (χ0n) is 13.2. The van der Waals surface area contributed by atoms with Crippen molar-refractivity contribution in [3.05, 3.63) is 52.3 Å². The molecule has 24 heavy (non-hydrogen) atoms. The van der Waals surface area contributed by atoms with Gasteiger partial charge in [0.2, 0.25) is 5.91 Å². The van der Waals surface area contributed by atoms with E-state index < -0.39 is 16.9 Å². The van der Waals surface area contributed by atoms with Crippen molar-refractivity contribution < 1.29 is 18.0 Å². The molecule has 0 saturated carbocycles. The number of hydrogen-bond acceptors (Lipinski definition) is 2. The molecule has 1 heterocycles. The van der Waals surface area contributed by atoms with Gasteiger partial charge in [0.15, 0.2) is 5.69 Å². The van der Waals surface area contributed by atoms with Crippen LogP contribution in [0.3, 0.4) is 0 Å². The Bertz CT molecular complexity index is 713. The van der Waals surface area contributed by atoms with E-state index >= 15 is 0 Å². The third kappa shape index (κ3) is 4.29. The maximum atomic E-state index is 12.8. The molecule has 0 spiro atoms. The number of alkyl halides is 3. The summed E-state index contributed by atoms with van der Waals surface area (Å²) < 4.78 is 39.4. The Kier molecular flexibility index (Phi) is 5.54. The molecular formula is C16H17ClF3N3O. The van der Waals surface area contributed by atoms with E-state index in [0.717, 1.165) is 10.2 Å². The maximum Gasteiger partial charge on any atom is 0.436 e. The van der Waals surface area contributed by atoms with E-state index in [-0.39, 0.29) is 30.6 Å². The van der Waals surface area contributed by atoms with Crippen LogP contribution in [-0.4, -0.2) is 15.7 Å². The molecule has 2 aromatic rings. The van der Waals surface area contributed by atoms with Gasteiger partial charge in [-0.2, -0.15) is 18.3 Å². The van der Waals surface area contributed by atoms with Gasteiger partial charge in [-0.05, 0) is 19.4 Å². The highest BCUT2D eigenvalue weighted by Crippen LogP contribution is 2.35. The molecule has 0 fully saturated rings. The number of nitrogens with one attached hydrogen (secondary N) is 1. The zero-order valence-corrected chi connectivity index (χ0v) is 13.9. The van der Waals surface area contributed by atoms with Crippen molar-refractivity contribution in [2.24, 2.45) is 0 Å². The van der Waals surface area contributed by atoms with E-state index in [1.54, 1.807) is 0 Å². The highest BCUT2D eigenvalue weighted by atomic mass is 35.5. The number of hydrogen-bond donors (Lipinski definition) is 1. The van der Waals surface area contributed by atoms with Crippen LogP contribution in [0.2, 0.25) is 5.02 Å². The first-order valence-corrected chi connectivity index (χ1v) is 7.72. The maximum absolute atomic E-state index is 12.8. The second kappa shape index (κ2) is 7.25. The lowest BCUT2D eigenvalue weighted by atomic mass is 10.1. The van der Waals surface area contributed by atoms with Crippen molar-refractivity contribution in [1.82, 2.24) is 15.1 Å². The molecule has 0 aliphatic heterocycles. The minimum Gasteiger partial charge on any atom is -0.350 e. The smallest absolute Gasteiger partial charge is 0.350 e. The van der Waals surface area contributed by atoms with Gasteiger partial charge in [-0.1, -0.05) is 41.9 Å². The van der Waals surface area contributed by atoms with E-state index in [0.29, 0.717) is 0 Å². The molecule has 1 amide bonds. The van der Waals surface area contributed by atoms with E-state index in [1.807, 2.05) is 37.3 Å². The molecule has 1 unspecified atom stereocenters. The van der Waals surface area contributed by atoms with Crippen molar-refractivity contribution in [1.29, 1.82) is 0 Å². The van der Waals surface area contributed by atoms with Gasteiger partial charge in [-0.15, -0.1) is 0 Å². The number of benzene rings is 1. The van der Waals surface area contributed by atoms with Gasteiger partial charge >= 0.3 is 6.18 Å². The minimum atomic E-state index is -4.61. The van der Waals surface area contributed by atoms with Crippen molar-refractivity contribution in [2.75, 3.05) is 0 Å². The molecule has 1 aromatic carbocycles. The highest BCUT2D eigenvalue weighted by Gasteiger charge is 2.38. The third-order valence-electron chi connectivity index (χ3n) is 3.63. The van der Waals surface area contributed by atoms with Gasteiger partial charge < -0.3 is 5.32 Å². The molecule has 4 nitrogen and oxygen atoms in total. The molecule has 0 bridgehead atoms. The summed E-state index contributed by atoms with van der Waals surface area (Å²) in [5.74, 6) is -0.272. The first-order chi connectivity index (χ1) is 11.2. The molecule has 2 rings (SSSR count). The Labute approximate surface area is 142 Å². The molecule has 0 radical (unpaired) electrons. The predicted molar refractivity (Wildman–Crippen MR) is 84.6 cm³/mol. The van der Waals surface area contributed by atoms with Gasteiger partial charge in [0.05, 0.1) is 23.3 Å². The van der Waals surface area contributed by atoms with Crippen molar-refractivity contribution in [3.63, 3.8) is 0 Å². The number of rotatable bonds is 5. The molecule has 1 atom stereocenters. The molecule has 0 aliphatic carbocycles. The normalized spacial score (nSPS) is 12.9. The molecular weight excluding hydrogens is 343 g/mol. The fourth-order valence-corrected chi connectivity index (χ4v) is 2.51. The quantitative estimate of drug-likeness (QED) is 0.872. The second-order valence-corrected chi connectivity index (χ2v) is 5.80. The summed E-state index contributed by atoms with van der Waals surface area (Å²) in [4.78, 5) is 12.0. The largest absolute Gasteiger partial charge is 0.436 e. The van der Waals surface area contributed by atoms with Crippen LogP contribution in [0.1, 0.15) is 36.3 Å². The summed E-state index contributed by atoms with van der Waals surface area (Å²) in [6, 6.07) is 9.19. The fourth-order valence-electron chi connectivity index (χ4n) is 2.27. The molecule has 8 heteroatoms. The van der Waals surface area contributed by atoms with Crippen LogP contribution in [0.5, 0.6) is 0 Å².